The first-order chi connectivity index (χ1) is 12.3. The maximum atomic E-state index is 10.4. The maximum absolute atomic E-state index is 10.4. The molecule has 2 aromatic heterocycles. The van der Waals surface area contributed by atoms with Gasteiger partial charge in [0.25, 0.3) is 0 Å². The third-order valence-corrected chi connectivity index (χ3v) is 4.87. The molecular weight excluding hydrogens is 348 g/mol. The molecule has 0 fully saturated rings. The Morgan fingerprint density at radius 3 is 2.73 bits per heavy atom. The number of fused-ring (bicyclic) bond motifs is 3. The van der Waals surface area contributed by atoms with E-state index in [4.69, 9.17) is 10.5 Å². The van der Waals surface area contributed by atoms with E-state index in [1.807, 2.05) is 16.3 Å². The van der Waals surface area contributed by atoms with Gasteiger partial charge in [-0.25, -0.2) is 9.97 Å². The number of anilines is 1. The van der Waals surface area contributed by atoms with Gasteiger partial charge in [0.1, 0.15) is 17.9 Å². The van der Waals surface area contributed by atoms with E-state index in [1.165, 1.54) is 5.56 Å². The van der Waals surface area contributed by atoms with Gasteiger partial charge in [0.2, 0.25) is 0 Å². The lowest BCUT2D eigenvalue weighted by Crippen LogP contribution is -2.27. The lowest BCUT2D eigenvalue weighted by Gasteiger charge is -2.20. The summed E-state index contributed by atoms with van der Waals surface area (Å²) in [4.78, 5) is 9.22. The number of nitrogen functional groups attached to an aromatic ring is 1. The quantitative estimate of drug-likeness (QED) is 0.661. The van der Waals surface area contributed by atoms with Gasteiger partial charge in [0, 0.05) is 12.5 Å². The second-order valence-corrected chi connectivity index (χ2v) is 8.13. The minimum absolute atomic E-state index is 0.345. The molecule has 1 aromatic carbocycles. The zero-order valence-electron chi connectivity index (χ0n) is 15.7. The van der Waals surface area contributed by atoms with Crippen LogP contribution < -0.4 is 5.73 Å². The van der Waals surface area contributed by atoms with Crippen molar-refractivity contribution in [3.05, 3.63) is 29.6 Å². The molecule has 0 spiro atoms. The zero-order valence-corrected chi connectivity index (χ0v) is 16.6. The van der Waals surface area contributed by atoms with Gasteiger partial charge in [-0.1, -0.05) is 12.1 Å². The van der Waals surface area contributed by atoms with Crippen LogP contribution in [0.2, 0.25) is 0 Å². The number of methoxy groups -OCH3 is 1. The number of aromatic nitrogens is 3. The van der Waals surface area contributed by atoms with Crippen LogP contribution in [0, 0.1) is 0 Å². The van der Waals surface area contributed by atoms with Crippen molar-refractivity contribution in [1.82, 2.24) is 14.5 Å². The summed E-state index contributed by atoms with van der Waals surface area (Å²) >= 11 is 1.82. The first-order valence-corrected chi connectivity index (χ1v) is 10.0. The van der Waals surface area contributed by atoms with Gasteiger partial charge >= 0.3 is 0 Å². The summed E-state index contributed by atoms with van der Waals surface area (Å²) in [5.74, 6) is 2.20. The number of nitrogens with two attached hydrogens (primary N) is 1. The minimum Gasteiger partial charge on any atom is -0.389 e. The molecule has 0 aliphatic heterocycles. The standard InChI is InChI=1S/C19H26N4O2S/c1-19(2,24)11-23-15(10-25-3)22-16-17(23)13-6-5-12(7-8-26-4)9-14(13)21-18(16)20/h5-6,9,24H,7-8,10-11H2,1-4H3,(H2,20,21). The summed E-state index contributed by atoms with van der Waals surface area (Å²) < 4.78 is 7.30. The molecule has 3 N–H and O–H groups in total. The minimum atomic E-state index is -0.890. The maximum Gasteiger partial charge on any atom is 0.152 e. The number of aryl methyl sites for hydroxylation is 1. The predicted molar refractivity (Wildman–Crippen MR) is 109 cm³/mol. The van der Waals surface area contributed by atoms with Crippen LogP contribution in [0.3, 0.4) is 0 Å². The van der Waals surface area contributed by atoms with Crippen molar-refractivity contribution in [3.63, 3.8) is 0 Å². The molecule has 26 heavy (non-hydrogen) atoms. The number of rotatable bonds is 7. The molecule has 2 heterocycles. The fourth-order valence-electron chi connectivity index (χ4n) is 3.18. The molecule has 0 unspecified atom stereocenters. The van der Waals surface area contributed by atoms with Crippen LogP contribution in [0.4, 0.5) is 5.82 Å². The second kappa shape index (κ2) is 7.42. The first-order valence-electron chi connectivity index (χ1n) is 8.61. The summed E-state index contributed by atoms with van der Waals surface area (Å²) in [6.07, 6.45) is 3.10. The monoisotopic (exact) mass is 374 g/mol. The van der Waals surface area contributed by atoms with Gasteiger partial charge in [-0.05, 0) is 43.9 Å². The van der Waals surface area contributed by atoms with Crippen molar-refractivity contribution in [3.8, 4) is 0 Å². The van der Waals surface area contributed by atoms with Crippen LogP contribution >= 0.6 is 11.8 Å². The van der Waals surface area contributed by atoms with E-state index in [0.717, 1.165) is 34.4 Å². The number of benzene rings is 1. The Morgan fingerprint density at radius 1 is 1.31 bits per heavy atom. The van der Waals surface area contributed by atoms with Crippen molar-refractivity contribution < 1.29 is 9.84 Å². The molecule has 0 bridgehead atoms. The van der Waals surface area contributed by atoms with Crippen LogP contribution in [-0.4, -0.2) is 44.4 Å². The van der Waals surface area contributed by atoms with E-state index in [0.29, 0.717) is 24.5 Å². The smallest absolute Gasteiger partial charge is 0.152 e. The molecule has 0 radical (unpaired) electrons. The van der Waals surface area contributed by atoms with Gasteiger partial charge in [0.15, 0.2) is 5.82 Å². The van der Waals surface area contributed by atoms with Gasteiger partial charge in [-0.2, -0.15) is 11.8 Å². The molecule has 7 heteroatoms. The highest BCUT2D eigenvalue weighted by Gasteiger charge is 2.22. The summed E-state index contributed by atoms with van der Waals surface area (Å²) in [7, 11) is 1.63. The molecule has 140 valence electrons. The predicted octanol–water partition coefficient (Wildman–Crippen LogP) is 2.99. The normalized spacial score (nSPS) is 12.3. The Bertz CT molecular complexity index is 931. The SMILES string of the molecule is COCc1nc2c(N)nc3cc(CCSC)ccc3c2n1CC(C)(C)O. The topological polar surface area (TPSA) is 86.2 Å². The number of hydrogen-bond donors (Lipinski definition) is 2. The molecule has 6 nitrogen and oxygen atoms in total. The number of aliphatic hydroxyl groups is 1. The number of ether oxygens (including phenoxy) is 1. The van der Waals surface area contributed by atoms with E-state index in [9.17, 15) is 5.11 Å². The Kier molecular flexibility index (Phi) is 5.41. The summed E-state index contributed by atoms with van der Waals surface area (Å²) in [6, 6.07) is 6.31. The first kappa shape index (κ1) is 18.9. The Morgan fingerprint density at radius 2 is 2.08 bits per heavy atom. The summed E-state index contributed by atoms with van der Waals surface area (Å²) in [5, 5.41) is 11.4. The third kappa shape index (κ3) is 3.79. The van der Waals surface area contributed by atoms with Crippen LogP contribution in [0.15, 0.2) is 18.2 Å². The lowest BCUT2D eigenvalue weighted by atomic mass is 10.1. The Hall–Kier alpha value is -1.83. The van der Waals surface area contributed by atoms with E-state index in [-0.39, 0.29) is 0 Å². The fraction of sp³-hybridized carbons (Fsp3) is 0.474. The molecule has 0 saturated heterocycles. The van der Waals surface area contributed by atoms with Crippen LogP contribution in [0.5, 0.6) is 0 Å². The molecular formula is C19H26N4O2S. The average molecular weight is 375 g/mol. The van der Waals surface area contributed by atoms with Crippen molar-refractivity contribution in [2.24, 2.45) is 0 Å². The van der Waals surface area contributed by atoms with E-state index < -0.39 is 5.60 Å². The van der Waals surface area contributed by atoms with Gasteiger partial charge in [-0.15, -0.1) is 0 Å². The van der Waals surface area contributed by atoms with Crippen LogP contribution in [0.1, 0.15) is 25.2 Å². The molecule has 3 aromatic rings. The summed E-state index contributed by atoms with van der Waals surface area (Å²) in [5.41, 5.74) is 8.98. The van der Waals surface area contributed by atoms with Crippen LogP contribution in [0.25, 0.3) is 21.9 Å². The van der Waals surface area contributed by atoms with Crippen LogP contribution in [-0.2, 0) is 24.3 Å². The zero-order chi connectivity index (χ0) is 18.9. The molecule has 3 rings (SSSR count). The van der Waals surface area contributed by atoms with Gasteiger partial charge in [0.05, 0.1) is 23.2 Å². The molecule has 0 aliphatic rings. The van der Waals surface area contributed by atoms with Gasteiger partial charge < -0.3 is 20.1 Å². The van der Waals surface area contributed by atoms with E-state index in [1.54, 1.807) is 21.0 Å². The van der Waals surface area contributed by atoms with Crippen molar-refractivity contribution in [2.45, 2.75) is 39.0 Å². The Balaban J connectivity index is 2.25. The Labute approximate surface area is 157 Å². The number of imidazole rings is 1. The molecule has 0 amide bonds. The number of pyridine rings is 1. The van der Waals surface area contributed by atoms with Crippen molar-refractivity contribution >= 4 is 39.5 Å². The number of thioether (sulfide) groups is 1. The van der Waals surface area contributed by atoms with E-state index >= 15 is 0 Å². The highest BCUT2D eigenvalue weighted by atomic mass is 32.2. The highest BCUT2D eigenvalue weighted by Crippen LogP contribution is 2.31. The van der Waals surface area contributed by atoms with Gasteiger partial charge in [-0.3, -0.25) is 0 Å². The highest BCUT2D eigenvalue weighted by molar-refractivity contribution is 7.98. The largest absolute Gasteiger partial charge is 0.389 e. The number of hydrogen-bond acceptors (Lipinski definition) is 6. The summed E-state index contributed by atoms with van der Waals surface area (Å²) in [6.45, 7) is 4.30. The van der Waals surface area contributed by atoms with Crippen molar-refractivity contribution in [2.75, 3.05) is 24.9 Å². The lowest BCUT2D eigenvalue weighted by molar-refractivity contribution is 0.0597. The second-order valence-electron chi connectivity index (χ2n) is 7.15. The average Bonchev–Trinajstić information content (AvgIpc) is 2.91. The van der Waals surface area contributed by atoms with E-state index in [2.05, 4.69) is 34.4 Å². The molecule has 0 aliphatic carbocycles. The molecule has 0 atom stereocenters. The molecule has 0 saturated carbocycles. The fourth-order valence-corrected chi connectivity index (χ4v) is 3.62. The third-order valence-electron chi connectivity index (χ3n) is 4.26. The number of nitrogens with zero attached hydrogens (tertiary/aromatic N) is 3. The van der Waals surface area contributed by atoms with Crippen molar-refractivity contribution in [1.29, 1.82) is 0 Å².